The maximum atomic E-state index is 13.2. The summed E-state index contributed by atoms with van der Waals surface area (Å²) >= 11 is 0. The molecule has 0 aromatic heterocycles. The van der Waals surface area contributed by atoms with Gasteiger partial charge in [0, 0.05) is 6.54 Å². The van der Waals surface area contributed by atoms with E-state index in [0.29, 0.717) is 19.8 Å². The molecule has 1 aliphatic rings. The summed E-state index contributed by atoms with van der Waals surface area (Å²) in [5.74, 6) is -0.574. The van der Waals surface area contributed by atoms with Gasteiger partial charge in [0.2, 0.25) is 0 Å². The lowest BCUT2D eigenvalue weighted by Crippen LogP contribution is -2.24. The van der Waals surface area contributed by atoms with Crippen LogP contribution in [-0.4, -0.2) is 63.3 Å². The molecule has 7 nitrogen and oxygen atoms in total. The summed E-state index contributed by atoms with van der Waals surface area (Å²) in [6, 6.07) is 0. The van der Waals surface area contributed by atoms with Crippen LogP contribution in [0.4, 0.5) is 0 Å². The lowest BCUT2D eigenvalue weighted by atomic mass is 9.79. The first-order valence-electron chi connectivity index (χ1n) is 20.3. The number of hydrogen-bond donors (Lipinski definition) is 0. The normalized spacial score (nSPS) is 22.0. The Hall–Kier alpha value is -2.55. The van der Waals surface area contributed by atoms with E-state index in [1.165, 1.54) is 0 Å². The molecule has 286 valence electrons. The Morgan fingerprint density at radius 2 is 1.20 bits per heavy atom. The number of likely N-dealkylation sites (N-methyl/N-ethyl adjacent to an activating group) is 1. The molecule has 0 aromatic carbocycles. The van der Waals surface area contributed by atoms with Crippen molar-refractivity contribution < 1.29 is 28.6 Å². The van der Waals surface area contributed by atoms with Gasteiger partial charge in [0.05, 0.1) is 32.0 Å². The minimum atomic E-state index is -0.187. The van der Waals surface area contributed by atoms with Crippen LogP contribution in [0.5, 0.6) is 0 Å². The van der Waals surface area contributed by atoms with Crippen molar-refractivity contribution in [2.45, 2.75) is 168 Å². The molecule has 0 bridgehead atoms. The number of carbonyl (C=O) groups is 3. The first kappa shape index (κ1) is 45.5. The predicted molar refractivity (Wildman–Crippen MR) is 204 cm³/mol. The molecule has 7 heteroatoms. The van der Waals surface area contributed by atoms with E-state index in [9.17, 15) is 14.4 Å². The van der Waals surface area contributed by atoms with Gasteiger partial charge in [-0.1, -0.05) is 128 Å². The fourth-order valence-electron chi connectivity index (χ4n) is 6.79. The molecular formula is C43H73NO6. The van der Waals surface area contributed by atoms with Gasteiger partial charge in [-0.3, -0.25) is 14.4 Å². The summed E-state index contributed by atoms with van der Waals surface area (Å²) in [5.41, 5.74) is 9.93. The van der Waals surface area contributed by atoms with Crippen LogP contribution < -0.4 is 0 Å². The molecular weight excluding hydrogens is 626 g/mol. The van der Waals surface area contributed by atoms with E-state index in [4.69, 9.17) is 14.2 Å². The molecule has 50 heavy (non-hydrogen) atoms. The largest absolute Gasteiger partial charge is 0.466 e. The van der Waals surface area contributed by atoms with Crippen molar-refractivity contribution in [2.24, 2.45) is 17.8 Å². The van der Waals surface area contributed by atoms with Gasteiger partial charge in [-0.25, -0.2) is 0 Å². The molecule has 0 amide bonds. The van der Waals surface area contributed by atoms with Crippen LogP contribution >= 0.6 is 0 Å². The maximum Gasteiger partial charge on any atom is 0.308 e. The predicted octanol–water partition coefficient (Wildman–Crippen LogP) is 10.5. The average molecular weight is 700 g/mol. The molecule has 2 unspecified atom stereocenters. The summed E-state index contributed by atoms with van der Waals surface area (Å²) in [6.45, 7) is 10.1. The molecule has 0 radical (unpaired) electrons. The minimum Gasteiger partial charge on any atom is -0.466 e. The van der Waals surface area contributed by atoms with E-state index in [1.807, 2.05) is 19.0 Å². The maximum absolute atomic E-state index is 13.2. The molecule has 1 rings (SSSR count). The first-order valence-corrected chi connectivity index (χ1v) is 20.3. The monoisotopic (exact) mass is 700 g/mol. The van der Waals surface area contributed by atoms with Gasteiger partial charge in [-0.05, 0) is 82.3 Å². The molecule has 0 aliphatic carbocycles. The molecule has 1 heterocycles. The Balaban J connectivity index is 3.00. The second kappa shape index (κ2) is 31.2. The van der Waals surface area contributed by atoms with Crippen molar-refractivity contribution >= 4 is 17.9 Å². The lowest BCUT2D eigenvalue weighted by Gasteiger charge is -2.25. The molecule has 1 fully saturated rings. The summed E-state index contributed by atoms with van der Waals surface area (Å²) in [7, 11) is 3.97. The quantitative estimate of drug-likeness (QED) is 0.0868. The Labute approximate surface area is 306 Å². The molecule has 1 saturated heterocycles. The highest BCUT2D eigenvalue weighted by Crippen LogP contribution is 2.33. The number of unbranched alkanes of at least 4 members (excludes halogenated alkanes) is 4. The number of nitrogens with zero attached hydrogens (tertiary/aromatic N) is 1. The molecule has 0 saturated carbocycles. The number of hydrogen-bond acceptors (Lipinski definition) is 7. The second-order valence-corrected chi connectivity index (χ2v) is 14.6. The van der Waals surface area contributed by atoms with Crippen LogP contribution in [0.2, 0.25) is 0 Å². The Bertz CT molecular complexity index is 982. The van der Waals surface area contributed by atoms with E-state index in [-0.39, 0.29) is 48.5 Å². The van der Waals surface area contributed by atoms with Crippen molar-refractivity contribution in [2.75, 3.05) is 40.5 Å². The molecule has 0 spiro atoms. The number of allylic oxidation sites excluding steroid dienone is 1. The number of carbonyl (C=O) groups excluding carboxylic acids is 3. The van der Waals surface area contributed by atoms with Gasteiger partial charge in [-0.15, -0.1) is 0 Å². The lowest BCUT2D eigenvalue weighted by molar-refractivity contribution is -0.149. The molecule has 0 N–H and O–H groups in total. The van der Waals surface area contributed by atoms with Crippen molar-refractivity contribution in [1.82, 2.24) is 4.90 Å². The van der Waals surface area contributed by atoms with E-state index in [1.54, 1.807) is 0 Å². The first-order chi connectivity index (χ1) is 24.3. The third-order valence-electron chi connectivity index (χ3n) is 9.85. The zero-order valence-electron chi connectivity index (χ0n) is 32.6. The van der Waals surface area contributed by atoms with Gasteiger partial charge >= 0.3 is 17.9 Å². The fourth-order valence-corrected chi connectivity index (χ4v) is 6.79. The Morgan fingerprint density at radius 3 is 1.64 bits per heavy atom. The van der Waals surface area contributed by atoms with Crippen molar-refractivity contribution in [1.29, 1.82) is 0 Å². The van der Waals surface area contributed by atoms with E-state index < -0.39 is 0 Å². The van der Waals surface area contributed by atoms with Crippen LogP contribution in [-0.2, 0) is 28.6 Å². The molecule has 1 aliphatic heterocycles. The van der Waals surface area contributed by atoms with Crippen LogP contribution in [0, 0.1) is 17.8 Å². The third-order valence-corrected chi connectivity index (χ3v) is 9.85. The van der Waals surface area contributed by atoms with E-state index >= 15 is 0 Å². The van der Waals surface area contributed by atoms with Gasteiger partial charge in [-0.2, -0.15) is 0 Å². The smallest absolute Gasteiger partial charge is 0.308 e. The molecule has 2 atom stereocenters. The van der Waals surface area contributed by atoms with Crippen LogP contribution in [0.1, 0.15) is 168 Å². The summed E-state index contributed by atoms with van der Waals surface area (Å²) in [5, 5.41) is 0. The summed E-state index contributed by atoms with van der Waals surface area (Å²) in [4.78, 5) is 41.3. The zero-order valence-corrected chi connectivity index (χ0v) is 32.6. The third kappa shape index (κ3) is 23.8. The molecule has 0 aromatic rings. The van der Waals surface area contributed by atoms with Crippen LogP contribution in [0.25, 0.3) is 0 Å². The highest BCUT2D eigenvalue weighted by atomic mass is 16.5. The summed E-state index contributed by atoms with van der Waals surface area (Å²) < 4.78 is 17.2. The Kier molecular flexibility index (Phi) is 28.4. The van der Waals surface area contributed by atoms with Gasteiger partial charge in [0.1, 0.15) is 6.61 Å². The Morgan fingerprint density at radius 1 is 0.740 bits per heavy atom. The fraction of sp³-hybridized carbons (Fsp3) is 0.814. The highest BCUT2D eigenvalue weighted by Gasteiger charge is 2.28. The standard InChI is InChI=1S/C43H73NO6/c1-6-9-20-28-38-35-41(45)48-32-24-18-14-12-16-22-26-37(43(47)50-34-31-44(4)5)27-23-17-13-15-19-25-33-49-42(46)36-39(29-21-10-7-2)40(38)30-11-8-3/h37-39H,3,6-7,9-10,12-29,31-36H2,1-2,4-5H3. The average Bonchev–Trinajstić information content (AvgIpc) is 3.08. The number of cyclic esters (lactones) is 2. The van der Waals surface area contributed by atoms with Crippen LogP contribution in [0.3, 0.4) is 0 Å². The highest BCUT2D eigenvalue weighted by molar-refractivity contribution is 5.72. The van der Waals surface area contributed by atoms with Gasteiger partial charge in [0.15, 0.2) is 0 Å². The van der Waals surface area contributed by atoms with Gasteiger partial charge < -0.3 is 19.1 Å². The zero-order chi connectivity index (χ0) is 36.7. The second-order valence-electron chi connectivity index (χ2n) is 14.6. The van der Waals surface area contributed by atoms with Crippen LogP contribution in [0.15, 0.2) is 29.3 Å². The van der Waals surface area contributed by atoms with E-state index in [0.717, 1.165) is 153 Å². The number of ether oxygens (including phenoxy) is 3. The summed E-state index contributed by atoms with van der Waals surface area (Å²) in [6.07, 6.45) is 22.8. The number of rotatable bonds is 12. The van der Waals surface area contributed by atoms with E-state index in [2.05, 4.69) is 37.6 Å². The number of esters is 3. The SMILES string of the molecule is C=C=C=C=C1C(CCCCC)CC(=O)OCCCCCCCCC(C(=O)OCCN(C)C)CCCCCCCCOC(=O)CC1CCCCC. The topological polar surface area (TPSA) is 82.1 Å². The van der Waals surface area contributed by atoms with Crippen molar-refractivity contribution in [3.8, 4) is 0 Å². The van der Waals surface area contributed by atoms with Crippen molar-refractivity contribution in [3.05, 3.63) is 29.3 Å². The van der Waals surface area contributed by atoms with Crippen molar-refractivity contribution in [3.63, 3.8) is 0 Å². The minimum absolute atomic E-state index is 0.0233. The van der Waals surface area contributed by atoms with Gasteiger partial charge in [0.25, 0.3) is 0 Å².